The molecule has 1 amide bonds. The number of likely N-dealkylation sites (N-methyl/N-ethyl adjacent to an activating group) is 1. The van der Waals surface area contributed by atoms with Crippen molar-refractivity contribution in [2.75, 3.05) is 20.2 Å². The van der Waals surface area contributed by atoms with Gasteiger partial charge in [-0.1, -0.05) is 18.2 Å². The van der Waals surface area contributed by atoms with E-state index < -0.39 is 6.09 Å². The fraction of sp³-hybridized carbons (Fsp3) is 0.455. The Balaban J connectivity index is 2.30. The van der Waals surface area contributed by atoms with E-state index in [-0.39, 0.29) is 6.54 Å². The van der Waals surface area contributed by atoms with Crippen LogP contribution in [0.2, 0.25) is 0 Å². The fourth-order valence-electron chi connectivity index (χ4n) is 1.22. The molecule has 0 spiro atoms. The molecule has 0 N–H and O–H groups in total. The smallest absolute Gasteiger partial charge is 0.410 e. The third-order valence-corrected chi connectivity index (χ3v) is 2.14. The monoisotopic (exact) mass is 209 g/mol. The van der Waals surface area contributed by atoms with E-state index in [1.54, 1.807) is 0 Å². The molecule has 0 aromatic carbocycles. The summed E-state index contributed by atoms with van der Waals surface area (Å²) in [5.74, 6) is 0. The number of aldehydes is 1. The zero-order chi connectivity index (χ0) is 11.1. The summed E-state index contributed by atoms with van der Waals surface area (Å²) in [7, 11) is 1.53. The van der Waals surface area contributed by atoms with Gasteiger partial charge >= 0.3 is 6.09 Å². The zero-order valence-electron chi connectivity index (χ0n) is 8.81. The second kappa shape index (κ2) is 6.01. The predicted octanol–water partition coefficient (Wildman–Crippen LogP) is 1.53. The van der Waals surface area contributed by atoms with Gasteiger partial charge in [-0.3, -0.25) is 0 Å². The molecule has 0 aromatic rings. The summed E-state index contributed by atoms with van der Waals surface area (Å²) in [4.78, 5) is 22.7. The van der Waals surface area contributed by atoms with E-state index in [9.17, 15) is 9.59 Å². The second-order valence-corrected chi connectivity index (χ2v) is 3.39. The van der Waals surface area contributed by atoms with Crippen molar-refractivity contribution in [2.45, 2.75) is 12.8 Å². The van der Waals surface area contributed by atoms with Crippen LogP contribution < -0.4 is 0 Å². The average Bonchev–Trinajstić information content (AvgIpc) is 2.27. The Kier molecular flexibility index (Phi) is 4.60. The van der Waals surface area contributed by atoms with Gasteiger partial charge in [0.05, 0.1) is 6.54 Å². The molecule has 4 heteroatoms. The topological polar surface area (TPSA) is 46.6 Å². The average molecular weight is 209 g/mol. The molecule has 4 nitrogen and oxygen atoms in total. The van der Waals surface area contributed by atoms with Crippen LogP contribution in [0.25, 0.3) is 0 Å². The largest absolute Gasteiger partial charge is 0.445 e. The molecular formula is C11H15NO3. The lowest BCUT2D eigenvalue weighted by molar-refractivity contribution is -0.108. The van der Waals surface area contributed by atoms with E-state index in [4.69, 9.17) is 4.74 Å². The molecule has 0 bridgehead atoms. The Morgan fingerprint density at radius 3 is 3.07 bits per heavy atom. The Hall–Kier alpha value is -1.58. The summed E-state index contributed by atoms with van der Waals surface area (Å²) in [6, 6.07) is 0. The third kappa shape index (κ3) is 3.97. The molecule has 0 heterocycles. The Morgan fingerprint density at radius 2 is 2.47 bits per heavy atom. The molecule has 0 atom stereocenters. The lowest BCUT2D eigenvalue weighted by Gasteiger charge is -2.15. The van der Waals surface area contributed by atoms with E-state index >= 15 is 0 Å². The highest BCUT2D eigenvalue weighted by atomic mass is 16.6. The molecule has 0 fully saturated rings. The lowest BCUT2D eigenvalue weighted by atomic mass is 10.1. The van der Waals surface area contributed by atoms with Crippen LogP contribution in [0, 0.1) is 0 Å². The number of ether oxygens (including phenoxy) is 1. The summed E-state index contributed by atoms with van der Waals surface area (Å²) in [6.07, 6.45) is 8.12. The summed E-state index contributed by atoms with van der Waals surface area (Å²) in [5, 5.41) is 0. The number of rotatable bonds is 4. The molecule has 82 valence electrons. The Labute approximate surface area is 89.2 Å². The van der Waals surface area contributed by atoms with Gasteiger partial charge < -0.3 is 14.4 Å². The van der Waals surface area contributed by atoms with Crippen molar-refractivity contribution in [3.05, 3.63) is 23.8 Å². The van der Waals surface area contributed by atoms with Crippen molar-refractivity contribution in [2.24, 2.45) is 0 Å². The molecular weight excluding hydrogens is 194 g/mol. The summed E-state index contributed by atoms with van der Waals surface area (Å²) in [6.45, 7) is 0.379. The minimum absolute atomic E-state index is 0.0672. The molecule has 1 aliphatic rings. The van der Waals surface area contributed by atoms with Crippen LogP contribution in [0.5, 0.6) is 0 Å². The molecule has 0 radical (unpaired) electrons. The zero-order valence-corrected chi connectivity index (χ0v) is 8.81. The van der Waals surface area contributed by atoms with Crippen molar-refractivity contribution in [3.8, 4) is 0 Å². The Morgan fingerprint density at radius 1 is 1.67 bits per heavy atom. The normalized spacial score (nSPS) is 14.3. The van der Waals surface area contributed by atoms with Crippen molar-refractivity contribution in [3.63, 3.8) is 0 Å². The number of hydrogen-bond donors (Lipinski definition) is 0. The van der Waals surface area contributed by atoms with Gasteiger partial charge in [-0.05, 0) is 18.4 Å². The van der Waals surface area contributed by atoms with E-state index in [1.807, 2.05) is 12.2 Å². The third-order valence-electron chi connectivity index (χ3n) is 2.14. The number of allylic oxidation sites excluding steroid dienone is 3. The highest BCUT2D eigenvalue weighted by Gasteiger charge is 2.10. The van der Waals surface area contributed by atoms with Crippen LogP contribution >= 0.6 is 0 Å². The van der Waals surface area contributed by atoms with Gasteiger partial charge in [-0.15, -0.1) is 0 Å². The first-order valence-corrected chi connectivity index (χ1v) is 4.90. The fourth-order valence-corrected chi connectivity index (χ4v) is 1.22. The first-order valence-electron chi connectivity index (χ1n) is 4.90. The highest BCUT2D eigenvalue weighted by Crippen LogP contribution is 2.11. The van der Waals surface area contributed by atoms with Gasteiger partial charge in [0.2, 0.25) is 0 Å². The maximum Gasteiger partial charge on any atom is 0.410 e. The van der Waals surface area contributed by atoms with Crippen LogP contribution in [0.1, 0.15) is 12.8 Å². The summed E-state index contributed by atoms with van der Waals surface area (Å²) >= 11 is 0. The van der Waals surface area contributed by atoms with Crippen molar-refractivity contribution in [1.29, 1.82) is 0 Å². The summed E-state index contributed by atoms with van der Waals surface area (Å²) < 4.78 is 5.02. The van der Waals surface area contributed by atoms with Crippen LogP contribution in [-0.2, 0) is 9.53 Å². The van der Waals surface area contributed by atoms with Gasteiger partial charge in [0.15, 0.2) is 0 Å². The molecule has 1 aliphatic carbocycles. The maximum atomic E-state index is 11.3. The van der Waals surface area contributed by atoms with Crippen LogP contribution in [0.3, 0.4) is 0 Å². The minimum atomic E-state index is -0.461. The predicted molar refractivity (Wildman–Crippen MR) is 56.5 cm³/mol. The molecule has 0 saturated carbocycles. The van der Waals surface area contributed by atoms with Crippen LogP contribution in [0.4, 0.5) is 4.79 Å². The van der Waals surface area contributed by atoms with Crippen LogP contribution in [-0.4, -0.2) is 37.5 Å². The quantitative estimate of drug-likeness (QED) is 0.660. The second-order valence-electron chi connectivity index (χ2n) is 3.39. The molecule has 0 saturated heterocycles. The van der Waals surface area contributed by atoms with Crippen molar-refractivity contribution >= 4 is 12.4 Å². The number of carbonyl (C=O) groups is 2. The van der Waals surface area contributed by atoms with Crippen LogP contribution in [0.15, 0.2) is 23.8 Å². The van der Waals surface area contributed by atoms with Gasteiger partial charge in [-0.25, -0.2) is 4.79 Å². The SMILES string of the molecule is CN(CC=O)C(=O)OCC1=CC=CCC1. The molecule has 0 unspecified atom stereocenters. The van der Waals surface area contributed by atoms with Gasteiger partial charge in [-0.2, -0.15) is 0 Å². The van der Waals surface area contributed by atoms with Gasteiger partial charge in [0.1, 0.15) is 12.9 Å². The first kappa shape index (κ1) is 11.5. The molecule has 0 aliphatic heterocycles. The van der Waals surface area contributed by atoms with Gasteiger partial charge in [0.25, 0.3) is 0 Å². The standard InChI is InChI=1S/C11H15NO3/c1-12(7-8-13)11(14)15-9-10-5-3-2-4-6-10/h2-3,5,8H,4,6-7,9H2,1H3. The first-order chi connectivity index (χ1) is 7.24. The maximum absolute atomic E-state index is 11.3. The number of nitrogens with zero attached hydrogens (tertiary/aromatic N) is 1. The van der Waals surface area contributed by atoms with Gasteiger partial charge in [0, 0.05) is 7.05 Å². The molecule has 15 heavy (non-hydrogen) atoms. The highest BCUT2D eigenvalue weighted by molar-refractivity contribution is 5.71. The van der Waals surface area contributed by atoms with E-state index in [0.29, 0.717) is 12.9 Å². The summed E-state index contributed by atoms with van der Waals surface area (Å²) in [5.41, 5.74) is 1.10. The van der Waals surface area contributed by atoms with E-state index in [0.717, 1.165) is 18.4 Å². The van der Waals surface area contributed by atoms with Crippen molar-refractivity contribution in [1.82, 2.24) is 4.90 Å². The molecule has 1 rings (SSSR count). The van der Waals surface area contributed by atoms with E-state index in [1.165, 1.54) is 11.9 Å². The minimum Gasteiger partial charge on any atom is -0.445 e. The van der Waals surface area contributed by atoms with Crippen molar-refractivity contribution < 1.29 is 14.3 Å². The number of carbonyl (C=O) groups excluding carboxylic acids is 2. The molecule has 0 aromatic heterocycles. The number of hydrogen-bond acceptors (Lipinski definition) is 3. The Bertz CT molecular complexity index is 294. The van der Waals surface area contributed by atoms with E-state index in [2.05, 4.69) is 6.08 Å². The number of amides is 1. The lowest BCUT2D eigenvalue weighted by Crippen LogP contribution is -2.29.